The van der Waals surface area contributed by atoms with Crippen molar-refractivity contribution in [3.63, 3.8) is 0 Å². The van der Waals surface area contributed by atoms with Gasteiger partial charge < -0.3 is 14.1 Å². The summed E-state index contributed by atoms with van der Waals surface area (Å²) < 4.78 is 78.3. The summed E-state index contributed by atoms with van der Waals surface area (Å²) in [7, 11) is -9.02. The number of hydrogen-bond donors (Lipinski definition) is 2. The van der Waals surface area contributed by atoms with Gasteiger partial charge in [-0.2, -0.15) is 16.8 Å². The van der Waals surface area contributed by atoms with Gasteiger partial charge in [0.25, 0.3) is 20.2 Å². The third kappa shape index (κ3) is 6.25. The number of fused-ring (bicyclic) bond motifs is 2. The molecule has 0 saturated heterocycles. The van der Waals surface area contributed by atoms with Gasteiger partial charge in [0.1, 0.15) is 22.1 Å². The number of nitrogens with zero attached hydrogens (tertiary/aromatic N) is 2. The van der Waals surface area contributed by atoms with Gasteiger partial charge in [-0.15, -0.1) is 11.3 Å². The van der Waals surface area contributed by atoms with E-state index in [1.165, 1.54) is 41.7 Å². The monoisotopic (exact) mass is 678 g/mol. The van der Waals surface area contributed by atoms with Crippen LogP contribution in [0.1, 0.15) is 13.8 Å². The first kappa shape index (κ1) is 31.4. The maximum Gasteiger partial charge on any atom is 0.346 e. The van der Waals surface area contributed by atoms with Gasteiger partial charge in [-0.05, 0) is 80.1 Å². The summed E-state index contributed by atoms with van der Waals surface area (Å²) >= 11 is 1.31. The molecule has 0 aliphatic rings. The van der Waals surface area contributed by atoms with Crippen LogP contribution in [0.25, 0.3) is 42.9 Å². The van der Waals surface area contributed by atoms with Gasteiger partial charge in [-0.1, -0.05) is 12.1 Å². The highest BCUT2D eigenvalue weighted by molar-refractivity contribution is 7.86. The maximum absolute atomic E-state index is 13.0. The van der Waals surface area contributed by atoms with E-state index in [1.807, 2.05) is 18.2 Å². The summed E-state index contributed by atoms with van der Waals surface area (Å²) in [5.41, 5.74) is 2.39. The molecule has 0 aliphatic heterocycles. The largest absolute Gasteiger partial charge is 0.457 e. The SMILES string of the molecule is CCN(CC)c1ccc2cc(-c3nc4cc(Oc5ccc(S(=O)(=O)O)cc5-c5ccc(S(=O)(=O)O)cc5)ccc4s3)c(=O)oc2c1. The normalized spacial score (nSPS) is 12.1. The van der Waals surface area contributed by atoms with Crippen molar-refractivity contribution >= 4 is 58.4 Å². The average molecular weight is 679 g/mol. The van der Waals surface area contributed by atoms with Crippen LogP contribution < -0.4 is 15.3 Å². The molecule has 236 valence electrons. The molecule has 6 rings (SSSR count). The summed E-state index contributed by atoms with van der Waals surface area (Å²) in [6, 6.07) is 21.4. The first-order chi connectivity index (χ1) is 21.8. The van der Waals surface area contributed by atoms with Crippen molar-refractivity contribution < 1.29 is 35.1 Å². The number of benzene rings is 4. The van der Waals surface area contributed by atoms with E-state index in [4.69, 9.17) is 9.15 Å². The Morgan fingerprint density at radius 1 is 0.804 bits per heavy atom. The lowest BCUT2D eigenvalue weighted by Gasteiger charge is -2.20. The second-order valence-corrected chi connectivity index (χ2v) is 14.1. The summed E-state index contributed by atoms with van der Waals surface area (Å²) in [4.78, 5) is 19.1. The number of anilines is 1. The Bertz CT molecular complexity index is 2400. The standard InChI is InChI=1S/C32H26N2O9S3/c1-3-34(4-2)21-8-5-20-15-26(32(35)43-29(20)16-21)31-33-27-17-22(9-14-30(27)44-31)42-28-13-12-24(46(39,40)41)18-25(28)19-6-10-23(11-7-19)45(36,37)38/h5-18H,3-4H2,1-2H3,(H,36,37,38)(H,39,40,41). The van der Waals surface area contributed by atoms with Gasteiger partial charge >= 0.3 is 5.63 Å². The van der Waals surface area contributed by atoms with Crippen LogP contribution in [-0.4, -0.2) is 44.0 Å². The van der Waals surface area contributed by atoms with E-state index in [0.717, 1.165) is 41.0 Å². The number of ether oxygens (including phenoxy) is 1. The van der Waals surface area contributed by atoms with Gasteiger partial charge in [0.15, 0.2) is 0 Å². The molecule has 11 nitrogen and oxygen atoms in total. The van der Waals surface area contributed by atoms with Gasteiger partial charge in [0.05, 0.1) is 25.6 Å². The molecule has 2 N–H and O–H groups in total. The lowest BCUT2D eigenvalue weighted by atomic mass is 10.0. The van der Waals surface area contributed by atoms with Gasteiger partial charge in [-0.25, -0.2) is 9.78 Å². The third-order valence-corrected chi connectivity index (χ3v) is 10.2. The third-order valence-electron chi connectivity index (χ3n) is 7.38. The van der Waals surface area contributed by atoms with E-state index in [2.05, 4.69) is 23.7 Å². The van der Waals surface area contributed by atoms with Crippen LogP contribution in [0.15, 0.2) is 104 Å². The van der Waals surface area contributed by atoms with Crippen molar-refractivity contribution in [2.75, 3.05) is 18.0 Å². The molecule has 2 heterocycles. The highest BCUT2D eigenvalue weighted by Crippen LogP contribution is 2.38. The zero-order chi connectivity index (χ0) is 32.8. The second kappa shape index (κ2) is 12.0. The molecule has 14 heteroatoms. The summed E-state index contributed by atoms with van der Waals surface area (Å²) in [5, 5.41) is 1.23. The van der Waals surface area contributed by atoms with E-state index < -0.39 is 30.8 Å². The molecule has 0 unspecified atom stereocenters. The fraction of sp³-hybridized carbons (Fsp3) is 0.125. The van der Waals surface area contributed by atoms with Gasteiger partial charge in [0, 0.05) is 41.9 Å². The Labute approximate surface area is 267 Å². The molecular formula is C32H26N2O9S3. The van der Waals surface area contributed by atoms with Gasteiger partial charge in [-0.3, -0.25) is 9.11 Å². The topological polar surface area (TPSA) is 164 Å². The zero-order valence-electron chi connectivity index (χ0n) is 24.4. The first-order valence-electron chi connectivity index (χ1n) is 13.9. The second-order valence-electron chi connectivity index (χ2n) is 10.2. The van der Waals surface area contributed by atoms with E-state index >= 15 is 0 Å². The fourth-order valence-electron chi connectivity index (χ4n) is 5.04. The highest BCUT2D eigenvalue weighted by atomic mass is 32.2. The summed E-state index contributed by atoms with van der Waals surface area (Å²) in [6.07, 6.45) is 0. The smallest absolute Gasteiger partial charge is 0.346 e. The lowest BCUT2D eigenvalue weighted by molar-refractivity contribution is 0.478. The van der Waals surface area contributed by atoms with E-state index in [-0.39, 0.29) is 16.2 Å². The van der Waals surface area contributed by atoms with E-state index in [1.54, 1.807) is 24.3 Å². The predicted molar refractivity (Wildman–Crippen MR) is 176 cm³/mol. The quantitative estimate of drug-likeness (QED) is 0.121. The molecule has 0 spiro atoms. The zero-order valence-corrected chi connectivity index (χ0v) is 26.8. The Kier molecular flexibility index (Phi) is 8.16. The van der Waals surface area contributed by atoms with Crippen LogP contribution in [0.4, 0.5) is 5.69 Å². The Morgan fingerprint density at radius 2 is 1.50 bits per heavy atom. The molecule has 0 saturated carbocycles. The Morgan fingerprint density at radius 3 is 2.17 bits per heavy atom. The minimum Gasteiger partial charge on any atom is -0.457 e. The first-order valence-corrected chi connectivity index (χ1v) is 17.6. The van der Waals surface area contributed by atoms with Crippen LogP contribution in [0.3, 0.4) is 0 Å². The van der Waals surface area contributed by atoms with Crippen molar-refractivity contribution in [3.8, 4) is 33.2 Å². The van der Waals surface area contributed by atoms with Crippen LogP contribution in [0.5, 0.6) is 11.5 Å². The minimum atomic E-state index is -4.57. The highest BCUT2D eigenvalue weighted by Gasteiger charge is 2.18. The molecule has 0 atom stereocenters. The summed E-state index contributed by atoms with van der Waals surface area (Å²) in [5.74, 6) is 0.537. The molecule has 0 fully saturated rings. The van der Waals surface area contributed by atoms with Gasteiger partial charge in [0.2, 0.25) is 0 Å². The predicted octanol–water partition coefficient (Wildman–Crippen LogP) is 6.87. The van der Waals surface area contributed by atoms with Crippen LogP contribution in [-0.2, 0) is 20.2 Å². The van der Waals surface area contributed by atoms with Crippen molar-refractivity contribution in [2.24, 2.45) is 0 Å². The summed E-state index contributed by atoms with van der Waals surface area (Å²) in [6.45, 7) is 5.76. The molecule has 4 aromatic carbocycles. The molecule has 6 aromatic rings. The number of hydrogen-bond acceptors (Lipinski definition) is 10. The number of aromatic nitrogens is 1. The van der Waals surface area contributed by atoms with Crippen LogP contribution >= 0.6 is 11.3 Å². The Hall–Kier alpha value is -4.60. The van der Waals surface area contributed by atoms with Crippen LogP contribution in [0, 0.1) is 0 Å². The molecule has 0 radical (unpaired) electrons. The molecule has 46 heavy (non-hydrogen) atoms. The van der Waals surface area contributed by atoms with E-state index in [0.29, 0.717) is 33.0 Å². The minimum absolute atomic E-state index is 0.195. The Balaban J connectivity index is 1.35. The molecule has 0 amide bonds. The lowest BCUT2D eigenvalue weighted by Crippen LogP contribution is -2.21. The van der Waals surface area contributed by atoms with Crippen molar-refractivity contribution in [3.05, 3.63) is 95.3 Å². The fourth-order valence-corrected chi connectivity index (χ4v) is 6.97. The number of thiazole rings is 1. The van der Waals surface area contributed by atoms with Crippen molar-refractivity contribution in [1.29, 1.82) is 0 Å². The van der Waals surface area contributed by atoms with Crippen molar-refractivity contribution in [1.82, 2.24) is 4.98 Å². The van der Waals surface area contributed by atoms with Crippen molar-refractivity contribution in [2.45, 2.75) is 23.6 Å². The molecule has 2 aromatic heterocycles. The molecular weight excluding hydrogens is 653 g/mol. The van der Waals surface area contributed by atoms with E-state index in [9.17, 15) is 30.7 Å². The van der Waals surface area contributed by atoms with Crippen LogP contribution in [0.2, 0.25) is 0 Å². The maximum atomic E-state index is 13.0. The molecule has 0 bridgehead atoms. The average Bonchev–Trinajstić information content (AvgIpc) is 3.44. The molecule has 0 aliphatic carbocycles. The number of rotatable bonds is 9.